The van der Waals surface area contributed by atoms with E-state index in [1.54, 1.807) is 0 Å². The van der Waals surface area contributed by atoms with E-state index in [1.165, 1.54) is 12.7 Å². The summed E-state index contributed by atoms with van der Waals surface area (Å²) in [4.78, 5) is 11.4. The van der Waals surface area contributed by atoms with E-state index in [9.17, 15) is 4.79 Å². The fourth-order valence-electron chi connectivity index (χ4n) is 1.80. The molecule has 0 aromatic heterocycles. The topological polar surface area (TPSA) is 38.3 Å². The zero-order valence-electron chi connectivity index (χ0n) is 9.04. The Labute approximate surface area is 89.4 Å². The molecule has 15 heavy (non-hydrogen) atoms. The maximum absolute atomic E-state index is 11.4. The van der Waals surface area contributed by atoms with Crippen LogP contribution in [0.1, 0.15) is 27.4 Å². The van der Waals surface area contributed by atoms with E-state index in [2.05, 4.69) is 11.4 Å². The summed E-state index contributed by atoms with van der Waals surface area (Å²) < 4.78 is 4.71. The molecular weight excluding hydrogens is 190 g/mol. The van der Waals surface area contributed by atoms with Gasteiger partial charge in [0.05, 0.1) is 12.7 Å². The van der Waals surface area contributed by atoms with Crippen LogP contribution in [0.25, 0.3) is 0 Å². The molecule has 1 saturated heterocycles. The highest BCUT2D eigenvalue weighted by molar-refractivity contribution is 5.91. The van der Waals surface area contributed by atoms with Crippen LogP contribution in [0.3, 0.4) is 0 Å². The fraction of sp³-hybridized carbons (Fsp3) is 0.417. The van der Waals surface area contributed by atoms with Gasteiger partial charge in [0.25, 0.3) is 0 Å². The molecule has 0 bridgehead atoms. The van der Waals surface area contributed by atoms with Crippen molar-refractivity contribution in [2.24, 2.45) is 0 Å². The number of hydrogen-bond acceptors (Lipinski definition) is 3. The second-order valence-electron chi connectivity index (χ2n) is 3.92. The Kier molecular flexibility index (Phi) is 2.73. The van der Waals surface area contributed by atoms with Gasteiger partial charge in [0, 0.05) is 19.0 Å². The van der Waals surface area contributed by atoms with Crippen molar-refractivity contribution in [1.29, 1.82) is 0 Å². The highest BCUT2D eigenvalue weighted by Gasteiger charge is 2.20. The zero-order chi connectivity index (χ0) is 10.8. The van der Waals surface area contributed by atoms with Crippen LogP contribution in [-0.4, -0.2) is 26.2 Å². The van der Waals surface area contributed by atoms with Crippen LogP contribution in [0, 0.1) is 6.92 Å². The van der Waals surface area contributed by atoms with Gasteiger partial charge in [-0.1, -0.05) is 12.1 Å². The lowest BCUT2D eigenvalue weighted by Crippen LogP contribution is -2.39. The maximum atomic E-state index is 11.4. The minimum absolute atomic E-state index is 0.259. The van der Waals surface area contributed by atoms with Gasteiger partial charge in [0.2, 0.25) is 0 Å². The van der Waals surface area contributed by atoms with Crippen LogP contribution in [0.4, 0.5) is 0 Å². The zero-order valence-corrected chi connectivity index (χ0v) is 9.04. The number of hydrogen-bond donors (Lipinski definition) is 1. The van der Waals surface area contributed by atoms with Crippen molar-refractivity contribution >= 4 is 5.97 Å². The van der Waals surface area contributed by atoms with Gasteiger partial charge in [-0.3, -0.25) is 0 Å². The summed E-state index contributed by atoms with van der Waals surface area (Å²) in [5.74, 6) is 0.348. The molecule has 0 aliphatic carbocycles. The summed E-state index contributed by atoms with van der Waals surface area (Å²) in [5, 5.41) is 3.24. The van der Waals surface area contributed by atoms with Crippen molar-refractivity contribution < 1.29 is 9.53 Å². The van der Waals surface area contributed by atoms with Crippen molar-refractivity contribution in [3.05, 3.63) is 34.9 Å². The third-order valence-electron chi connectivity index (χ3n) is 2.91. The molecule has 3 heteroatoms. The van der Waals surface area contributed by atoms with Gasteiger partial charge in [-0.05, 0) is 24.1 Å². The van der Waals surface area contributed by atoms with Gasteiger partial charge in [-0.2, -0.15) is 0 Å². The number of carbonyl (C=O) groups excluding carboxylic acids is 1. The number of rotatable bonds is 2. The molecule has 0 radical (unpaired) electrons. The summed E-state index contributed by atoms with van der Waals surface area (Å²) in [6.07, 6.45) is 0. The molecule has 0 unspecified atom stereocenters. The van der Waals surface area contributed by atoms with Crippen LogP contribution < -0.4 is 5.32 Å². The standard InChI is InChI=1S/C12H15NO2/c1-8-5-9(10-6-13-7-10)3-4-11(8)12(14)15-2/h3-5,10,13H,6-7H2,1-2H3. The molecule has 1 heterocycles. The van der Waals surface area contributed by atoms with Crippen LogP contribution in [-0.2, 0) is 4.74 Å². The van der Waals surface area contributed by atoms with E-state index in [1.807, 2.05) is 19.1 Å². The van der Waals surface area contributed by atoms with E-state index < -0.39 is 0 Å². The first-order valence-corrected chi connectivity index (χ1v) is 5.12. The molecular formula is C12H15NO2. The van der Waals surface area contributed by atoms with Gasteiger partial charge < -0.3 is 10.1 Å². The van der Waals surface area contributed by atoms with Crippen LogP contribution >= 0.6 is 0 Å². The SMILES string of the molecule is COC(=O)c1ccc(C2CNC2)cc1C. The second kappa shape index (κ2) is 4.03. The van der Waals surface area contributed by atoms with Crippen molar-refractivity contribution in [1.82, 2.24) is 5.32 Å². The van der Waals surface area contributed by atoms with Gasteiger partial charge in [-0.15, -0.1) is 0 Å². The molecule has 0 atom stereocenters. The maximum Gasteiger partial charge on any atom is 0.338 e. The first kappa shape index (κ1) is 10.2. The molecule has 0 spiro atoms. The monoisotopic (exact) mass is 205 g/mol. The number of carbonyl (C=O) groups is 1. The summed E-state index contributed by atoms with van der Waals surface area (Å²) >= 11 is 0. The summed E-state index contributed by atoms with van der Waals surface area (Å²) in [6.45, 7) is 4.02. The molecule has 0 amide bonds. The minimum atomic E-state index is -0.259. The van der Waals surface area contributed by atoms with Gasteiger partial charge in [0.1, 0.15) is 0 Å². The largest absolute Gasteiger partial charge is 0.465 e. The molecule has 1 aliphatic heterocycles. The Morgan fingerprint density at radius 1 is 1.47 bits per heavy atom. The minimum Gasteiger partial charge on any atom is -0.465 e. The Bertz CT molecular complexity index is 383. The molecule has 1 N–H and O–H groups in total. The summed E-state index contributed by atoms with van der Waals surface area (Å²) in [5.41, 5.74) is 2.96. The average molecular weight is 205 g/mol. The lowest BCUT2D eigenvalue weighted by molar-refractivity contribution is 0.0600. The van der Waals surface area contributed by atoms with E-state index in [4.69, 9.17) is 4.74 Å². The van der Waals surface area contributed by atoms with Crippen LogP contribution in [0.2, 0.25) is 0 Å². The van der Waals surface area contributed by atoms with Gasteiger partial charge in [-0.25, -0.2) is 4.79 Å². The Hall–Kier alpha value is -1.35. The average Bonchev–Trinajstić information content (AvgIpc) is 2.14. The first-order valence-electron chi connectivity index (χ1n) is 5.12. The highest BCUT2D eigenvalue weighted by Crippen LogP contribution is 2.22. The predicted molar refractivity (Wildman–Crippen MR) is 58.1 cm³/mol. The molecule has 1 aromatic carbocycles. The number of nitrogens with one attached hydrogen (secondary N) is 1. The van der Waals surface area contributed by atoms with Gasteiger partial charge >= 0.3 is 5.97 Å². The Morgan fingerprint density at radius 2 is 2.20 bits per heavy atom. The summed E-state index contributed by atoms with van der Waals surface area (Å²) in [6, 6.07) is 5.96. The Balaban J connectivity index is 2.25. The normalized spacial score (nSPS) is 15.9. The molecule has 2 rings (SSSR count). The van der Waals surface area contributed by atoms with Crippen LogP contribution in [0.5, 0.6) is 0 Å². The molecule has 0 saturated carbocycles. The van der Waals surface area contributed by atoms with Crippen LogP contribution in [0.15, 0.2) is 18.2 Å². The van der Waals surface area contributed by atoms with E-state index in [-0.39, 0.29) is 5.97 Å². The Morgan fingerprint density at radius 3 is 2.67 bits per heavy atom. The van der Waals surface area contributed by atoms with Crippen molar-refractivity contribution in [3.63, 3.8) is 0 Å². The smallest absolute Gasteiger partial charge is 0.338 e. The van der Waals surface area contributed by atoms with E-state index in [0.717, 1.165) is 18.7 Å². The molecule has 80 valence electrons. The molecule has 1 fully saturated rings. The summed E-state index contributed by atoms with van der Waals surface area (Å²) in [7, 11) is 1.41. The number of ether oxygens (including phenoxy) is 1. The third kappa shape index (κ3) is 1.88. The van der Waals surface area contributed by atoms with Crippen molar-refractivity contribution in [3.8, 4) is 0 Å². The van der Waals surface area contributed by atoms with E-state index >= 15 is 0 Å². The number of benzene rings is 1. The highest BCUT2D eigenvalue weighted by atomic mass is 16.5. The third-order valence-corrected chi connectivity index (χ3v) is 2.91. The quantitative estimate of drug-likeness (QED) is 0.743. The molecule has 3 nitrogen and oxygen atoms in total. The number of esters is 1. The van der Waals surface area contributed by atoms with Crippen molar-refractivity contribution in [2.45, 2.75) is 12.8 Å². The van der Waals surface area contributed by atoms with E-state index in [0.29, 0.717) is 11.5 Å². The number of methoxy groups -OCH3 is 1. The number of aryl methyl sites for hydroxylation is 1. The predicted octanol–water partition coefficient (Wildman–Crippen LogP) is 1.47. The van der Waals surface area contributed by atoms with Crippen molar-refractivity contribution in [2.75, 3.05) is 20.2 Å². The fourth-order valence-corrected chi connectivity index (χ4v) is 1.80. The lowest BCUT2D eigenvalue weighted by atomic mass is 9.91. The first-order chi connectivity index (χ1) is 7.22. The molecule has 1 aromatic rings. The lowest BCUT2D eigenvalue weighted by Gasteiger charge is -2.27. The van der Waals surface area contributed by atoms with Gasteiger partial charge in [0.15, 0.2) is 0 Å². The second-order valence-corrected chi connectivity index (χ2v) is 3.92. The molecule has 1 aliphatic rings.